The highest BCUT2D eigenvalue weighted by molar-refractivity contribution is 7.93. The first-order valence-corrected chi connectivity index (χ1v) is 9.40. The monoisotopic (exact) mass is 365 g/mol. The van der Waals surface area contributed by atoms with Gasteiger partial charge in [-0.25, -0.2) is 8.42 Å². The van der Waals surface area contributed by atoms with Crippen LogP contribution in [0, 0.1) is 6.92 Å². The fourth-order valence-corrected chi connectivity index (χ4v) is 4.31. The topological polar surface area (TPSA) is 102 Å². The van der Waals surface area contributed by atoms with Crippen LogP contribution in [-0.2, 0) is 21.2 Å². The molecule has 1 aliphatic heterocycles. The van der Waals surface area contributed by atoms with Crippen molar-refractivity contribution in [1.82, 2.24) is 5.16 Å². The summed E-state index contributed by atoms with van der Waals surface area (Å²) in [5, 5.41) is 6.53. The van der Waals surface area contributed by atoms with Crippen molar-refractivity contribution in [2.45, 2.75) is 19.8 Å². The number of aromatic nitrogens is 1. The molecule has 9 heteroatoms. The fourth-order valence-electron chi connectivity index (χ4n) is 2.74. The van der Waals surface area contributed by atoms with Gasteiger partial charge in [-0.05, 0) is 31.5 Å². The SMILES string of the molecule is COc1ccc(NC(=O)Cc2cc(C)on2)cc1N1CCCS1(=O)=O. The third-order valence-corrected chi connectivity index (χ3v) is 5.70. The van der Waals surface area contributed by atoms with E-state index in [4.69, 9.17) is 9.26 Å². The van der Waals surface area contributed by atoms with Crippen LogP contribution in [0.5, 0.6) is 5.75 Å². The molecule has 3 rings (SSSR count). The molecule has 1 saturated heterocycles. The van der Waals surface area contributed by atoms with Gasteiger partial charge in [0.2, 0.25) is 15.9 Å². The normalized spacial score (nSPS) is 16.0. The molecule has 1 aromatic carbocycles. The highest BCUT2D eigenvalue weighted by Gasteiger charge is 2.30. The highest BCUT2D eigenvalue weighted by atomic mass is 32.2. The molecule has 134 valence electrons. The van der Waals surface area contributed by atoms with Crippen LogP contribution in [0.25, 0.3) is 0 Å². The molecule has 25 heavy (non-hydrogen) atoms. The van der Waals surface area contributed by atoms with E-state index in [1.807, 2.05) is 0 Å². The van der Waals surface area contributed by atoms with E-state index in [1.54, 1.807) is 31.2 Å². The standard InChI is InChI=1S/C16H19N3O5S/c1-11-8-13(18-24-11)10-16(20)17-12-4-5-15(23-2)14(9-12)19-6-3-7-25(19,21)22/h4-5,8-9H,3,6-7,10H2,1-2H3,(H,17,20). The number of rotatable bonds is 5. The minimum atomic E-state index is -3.35. The summed E-state index contributed by atoms with van der Waals surface area (Å²) >= 11 is 0. The van der Waals surface area contributed by atoms with Crippen molar-refractivity contribution >= 4 is 27.3 Å². The van der Waals surface area contributed by atoms with Gasteiger partial charge in [-0.1, -0.05) is 5.16 Å². The first kappa shape index (κ1) is 17.3. The molecule has 1 aromatic heterocycles. The Morgan fingerprint density at radius 2 is 2.20 bits per heavy atom. The Bertz CT molecular complexity index is 891. The molecular formula is C16H19N3O5S. The van der Waals surface area contributed by atoms with Gasteiger partial charge in [0.15, 0.2) is 0 Å². The summed E-state index contributed by atoms with van der Waals surface area (Å²) in [5.74, 6) is 0.913. The molecule has 0 bridgehead atoms. The van der Waals surface area contributed by atoms with Crippen LogP contribution in [0.3, 0.4) is 0 Å². The molecule has 1 fully saturated rings. The van der Waals surface area contributed by atoms with E-state index >= 15 is 0 Å². The average molecular weight is 365 g/mol. The lowest BCUT2D eigenvalue weighted by Gasteiger charge is -2.20. The minimum absolute atomic E-state index is 0.0702. The fraction of sp³-hybridized carbons (Fsp3) is 0.375. The third-order valence-electron chi connectivity index (χ3n) is 3.85. The Morgan fingerprint density at radius 3 is 2.80 bits per heavy atom. The number of aryl methyl sites for hydroxylation is 1. The van der Waals surface area contributed by atoms with Crippen molar-refractivity contribution in [1.29, 1.82) is 0 Å². The maximum atomic E-state index is 12.2. The second-order valence-corrected chi connectivity index (χ2v) is 7.80. The van der Waals surface area contributed by atoms with E-state index in [0.717, 1.165) is 0 Å². The van der Waals surface area contributed by atoms with Gasteiger partial charge < -0.3 is 14.6 Å². The zero-order chi connectivity index (χ0) is 18.0. The number of hydrogen-bond donors (Lipinski definition) is 1. The maximum absolute atomic E-state index is 12.2. The van der Waals surface area contributed by atoms with E-state index in [0.29, 0.717) is 41.5 Å². The molecular weight excluding hydrogens is 346 g/mol. The summed E-state index contributed by atoms with van der Waals surface area (Å²) in [6.45, 7) is 2.15. The van der Waals surface area contributed by atoms with E-state index in [2.05, 4.69) is 10.5 Å². The molecule has 0 radical (unpaired) electrons. The van der Waals surface area contributed by atoms with Gasteiger partial charge in [0.05, 0.1) is 30.7 Å². The number of methoxy groups -OCH3 is 1. The molecule has 0 unspecified atom stereocenters. The van der Waals surface area contributed by atoms with E-state index in [-0.39, 0.29) is 18.1 Å². The van der Waals surface area contributed by atoms with Crippen LogP contribution in [0.15, 0.2) is 28.8 Å². The van der Waals surface area contributed by atoms with Gasteiger partial charge in [0.1, 0.15) is 11.5 Å². The summed E-state index contributed by atoms with van der Waals surface area (Å²) in [4.78, 5) is 12.1. The van der Waals surface area contributed by atoms with Crippen molar-refractivity contribution in [2.75, 3.05) is 29.0 Å². The van der Waals surface area contributed by atoms with Gasteiger partial charge >= 0.3 is 0 Å². The van der Waals surface area contributed by atoms with Gasteiger partial charge in [-0.2, -0.15) is 0 Å². The number of hydrogen-bond acceptors (Lipinski definition) is 6. The Labute approximate surface area is 145 Å². The lowest BCUT2D eigenvalue weighted by Crippen LogP contribution is -2.25. The molecule has 2 heterocycles. The molecule has 1 N–H and O–H groups in total. The first-order chi connectivity index (χ1) is 11.9. The number of ether oxygens (including phenoxy) is 1. The van der Waals surface area contributed by atoms with Gasteiger partial charge in [0, 0.05) is 18.3 Å². The minimum Gasteiger partial charge on any atom is -0.495 e. The molecule has 1 aliphatic rings. The summed E-state index contributed by atoms with van der Waals surface area (Å²) in [7, 11) is -1.87. The van der Waals surface area contributed by atoms with E-state index in [9.17, 15) is 13.2 Å². The lowest BCUT2D eigenvalue weighted by molar-refractivity contribution is -0.115. The number of carbonyl (C=O) groups excluding carboxylic acids is 1. The summed E-state index contributed by atoms with van der Waals surface area (Å²) < 4.78 is 35.9. The number of sulfonamides is 1. The first-order valence-electron chi connectivity index (χ1n) is 7.79. The van der Waals surface area contributed by atoms with Crippen molar-refractivity contribution in [3.63, 3.8) is 0 Å². The largest absolute Gasteiger partial charge is 0.495 e. The number of benzene rings is 1. The molecule has 2 aromatic rings. The molecule has 8 nitrogen and oxygen atoms in total. The van der Waals surface area contributed by atoms with Crippen LogP contribution >= 0.6 is 0 Å². The zero-order valence-electron chi connectivity index (χ0n) is 14.0. The quantitative estimate of drug-likeness (QED) is 0.865. The van der Waals surface area contributed by atoms with Crippen LogP contribution in [0.1, 0.15) is 17.9 Å². The Balaban J connectivity index is 1.80. The number of carbonyl (C=O) groups is 1. The zero-order valence-corrected chi connectivity index (χ0v) is 14.8. The van der Waals surface area contributed by atoms with Gasteiger partial charge in [-0.3, -0.25) is 9.10 Å². The predicted molar refractivity (Wildman–Crippen MR) is 92.3 cm³/mol. The van der Waals surface area contributed by atoms with Gasteiger partial charge in [-0.15, -0.1) is 0 Å². The lowest BCUT2D eigenvalue weighted by atomic mass is 10.2. The highest BCUT2D eigenvalue weighted by Crippen LogP contribution is 2.35. The Hall–Kier alpha value is -2.55. The molecule has 0 atom stereocenters. The summed E-state index contributed by atoms with van der Waals surface area (Å²) in [5.41, 5.74) is 1.45. The average Bonchev–Trinajstić information content (AvgIpc) is 3.11. The van der Waals surface area contributed by atoms with Crippen molar-refractivity contribution in [3.05, 3.63) is 35.7 Å². The Morgan fingerprint density at radius 1 is 1.40 bits per heavy atom. The smallest absolute Gasteiger partial charge is 0.235 e. The summed E-state index contributed by atoms with van der Waals surface area (Å²) in [6.07, 6.45) is 0.633. The second-order valence-electron chi connectivity index (χ2n) is 5.78. The number of nitrogens with zero attached hydrogens (tertiary/aromatic N) is 2. The number of anilines is 2. The van der Waals surface area contributed by atoms with E-state index in [1.165, 1.54) is 11.4 Å². The van der Waals surface area contributed by atoms with Crippen LogP contribution in [0.2, 0.25) is 0 Å². The van der Waals surface area contributed by atoms with Crippen molar-refractivity contribution in [2.24, 2.45) is 0 Å². The number of nitrogens with one attached hydrogen (secondary N) is 1. The van der Waals surface area contributed by atoms with Crippen LogP contribution in [0.4, 0.5) is 11.4 Å². The maximum Gasteiger partial charge on any atom is 0.235 e. The van der Waals surface area contributed by atoms with Gasteiger partial charge in [0.25, 0.3) is 0 Å². The predicted octanol–water partition coefficient (Wildman–Crippen LogP) is 1.71. The molecule has 0 aliphatic carbocycles. The van der Waals surface area contributed by atoms with Crippen molar-refractivity contribution in [3.8, 4) is 5.75 Å². The molecule has 0 saturated carbocycles. The molecule has 1 amide bonds. The molecule has 0 spiro atoms. The van der Waals surface area contributed by atoms with Crippen LogP contribution < -0.4 is 14.4 Å². The van der Waals surface area contributed by atoms with Crippen molar-refractivity contribution < 1.29 is 22.5 Å². The van der Waals surface area contributed by atoms with Crippen LogP contribution in [-0.4, -0.2) is 38.9 Å². The third kappa shape index (κ3) is 3.76. The Kier molecular flexibility index (Phi) is 4.67. The summed E-state index contributed by atoms with van der Waals surface area (Å²) in [6, 6.07) is 6.60. The second kappa shape index (κ2) is 6.75. The van der Waals surface area contributed by atoms with E-state index < -0.39 is 10.0 Å². The number of amides is 1.